The second-order valence-electron chi connectivity index (χ2n) is 5.98. The van der Waals surface area contributed by atoms with E-state index in [0.717, 1.165) is 19.3 Å². The predicted octanol–water partition coefficient (Wildman–Crippen LogP) is -0.134. The SMILES string of the molecule is CC(C)[C@H](N)C(=O)NCC(=O)N1CCOC2CCCC21. The van der Waals surface area contributed by atoms with Crippen molar-refractivity contribution in [3.63, 3.8) is 0 Å². The molecule has 1 saturated heterocycles. The number of nitrogens with zero attached hydrogens (tertiary/aromatic N) is 1. The van der Waals surface area contributed by atoms with Gasteiger partial charge in [0.05, 0.1) is 31.3 Å². The van der Waals surface area contributed by atoms with Crippen molar-refractivity contribution in [3.8, 4) is 0 Å². The Balaban J connectivity index is 1.84. The molecule has 3 N–H and O–H groups in total. The first-order valence-corrected chi connectivity index (χ1v) is 7.45. The summed E-state index contributed by atoms with van der Waals surface area (Å²) in [7, 11) is 0. The molecule has 2 aliphatic rings. The number of hydrogen-bond donors (Lipinski definition) is 2. The highest BCUT2D eigenvalue weighted by Gasteiger charge is 2.38. The van der Waals surface area contributed by atoms with Gasteiger partial charge in [-0.1, -0.05) is 13.8 Å². The van der Waals surface area contributed by atoms with Crippen LogP contribution < -0.4 is 11.1 Å². The van der Waals surface area contributed by atoms with Crippen LogP contribution in [-0.2, 0) is 14.3 Å². The van der Waals surface area contributed by atoms with Crippen LogP contribution >= 0.6 is 0 Å². The minimum absolute atomic E-state index is 0.0302. The standard InChI is InChI=1S/C14H25N3O3/c1-9(2)13(15)14(19)16-8-12(18)17-6-7-20-11-5-3-4-10(11)17/h9-11,13H,3-8,15H2,1-2H3,(H,16,19)/t10?,11?,13-/m0/s1. The number of nitrogens with one attached hydrogen (secondary N) is 1. The maximum atomic E-state index is 12.3. The molecule has 3 atom stereocenters. The van der Waals surface area contributed by atoms with Crippen LogP contribution in [0.25, 0.3) is 0 Å². The molecule has 2 rings (SSSR count). The van der Waals surface area contributed by atoms with Crippen molar-refractivity contribution < 1.29 is 14.3 Å². The molecule has 0 bridgehead atoms. The topological polar surface area (TPSA) is 84.7 Å². The summed E-state index contributed by atoms with van der Waals surface area (Å²) in [5.41, 5.74) is 5.75. The van der Waals surface area contributed by atoms with E-state index >= 15 is 0 Å². The fourth-order valence-corrected chi connectivity index (χ4v) is 2.92. The second kappa shape index (κ2) is 6.54. The van der Waals surface area contributed by atoms with E-state index in [1.165, 1.54) is 0 Å². The lowest BCUT2D eigenvalue weighted by molar-refractivity contribution is -0.144. The van der Waals surface area contributed by atoms with Crippen molar-refractivity contribution in [1.29, 1.82) is 0 Å². The van der Waals surface area contributed by atoms with Crippen LogP contribution in [-0.4, -0.2) is 54.6 Å². The zero-order chi connectivity index (χ0) is 14.7. The molecule has 20 heavy (non-hydrogen) atoms. The molecule has 0 aromatic rings. The molecule has 114 valence electrons. The van der Waals surface area contributed by atoms with E-state index < -0.39 is 6.04 Å². The number of nitrogens with two attached hydrogens (primary N) is 1. The summed E-state index contributed by atoms with van der Waals surface area (Å²) in [5, 5.41) is 2.64. The molecule has 2 amide bonds. The van der Waals surface area contributed by atoms with E-state index in [-0.39, 0.29) is 36.4 Å². The van der Waals surface area contributed by atoms with Gasteiger partial charge in [0.2, 0.25) is 11.8 Å². The normalized spacial score (nSPS) is 27.3. The molecular weight excluding hydrogens is 258 g/mol. The Labute approximate surface area is 120 Å². The first-order valence-electron chi connectivity index (χ1n) is 7.45. The highest BCUT2D eigenvalue weighted by atomic mass is 16.5. The van der Waals surface area contributed by atoms with Crippen LogP contribution in [0.2, 0.25) is 0 Å². The lowest BCUT2D eigenvalue weighted by Crippen LogP contribution is -2.55. The van der Waals surface area contributed by atoms with Crippen LogP contribution in [0, 0.1) is 5.92 Å². The third-order valence-corrected chi connectivity index (χ3v) is 4.24. The molecule has 1 aliphatic carbocycles. The number of rotatable bonds is 4. The fraction of sp³-hybridized carbons (Fsp3) is 0.857. The van der Waals surface area contributed by atoms with Gasteiger partial charge in [-0.25, -0.2) is 0 Å². The molecule has 0 spiro atoms. The van der Waals surface area contributed by atoms with E-state index in [2.05, 4.69) is 5.32 Å². The van der Waals surface area contributed by atoms with E-state index in [1.54, 1.807) is 0 Å². The zero-order valence-electron chi connectivity index (χ0n) is 12.3. The summed E-state index contributed by atoms with van der Waals surface area (Å²) in [6.45, 7) is 5.01. The summed E-state index contributed by atoms with van der Waals surface area (Å²) in [5.74, 6) is -0.230. The summed E-state index contributed by atoms with van der Waals surface area (Å²) >= 11 is 0. The predicted molar refractivity (Wildman–Crippen MR) is 74.9 cm³/mol. The summed E-state index contributed by atoms with van der Waals surface area (Å²) < 4.78 is 5.68. The van der Waals surface area contributed by atoms with Gasteiger partial charge in [-0.05, 0) is 25.2 Å². The Hall–Kier alpha value is -1.14. The highest BCUT2D eigenvalue weighted by molar-refractivity contribution is 5.87. The van der Waals surface area contributed by atoms with E-state index in [4.69, 9.17) is 10.5 Å². The number of hydrogen-bond acceptors (Lipinski definition) is 4. The molecule has 0 aromatic heterocycles. The minimum Gasteiger partial charge on any atom is -0.374 e. The lowest BCUT2D eigenvalue weighted by Gasteiger charge is -2.37. The Morgan fingerprint density at radius 1 is 1.40 bits per heavy atom. The third kappa shape index (κ3) is 3.30. The number of morpholine rings is 1. The average Bonchev–Trinajstić information content (AvgIpc) is 2.91. The van der Waals surface area contributed by atoms with Gasteiger partial charge >= 0.3 is 0 Å². The molecule has 1 saturated carbocycles. The van der Waals surface area contributed by atoms with Crippen molar-refractivity contribution in [3.05, 3.63) is 0 Å². The van der Waals surface area contributed by atoms with Crippen molar-refractivity contribution in [1.82, 2.24) is 10.2 Å². The first kappa shape index (κ1) is 15.3. The fourth-order valence-electron chi connectivity index (χ4n) is 2.92. The van der Waals surface area contributed by atoms with E-state index in [1.807, 2.05) is 18.7 Å². The van der Waals surface area contributed by atoms with Gasteiger partial charge in [0, 0.05) is 6.54 Å². The lowest BCUT2D eigenvalue weighted by atomic mass is 10.1. The molecule has 0 aromatic carbocycles. The second-order valence-corrected chi connectivity index (χ2v) is 5.98. The zero-order valence-corrected chi connectivity index (χ0v) is 12.3. The van der Waals surface area contributed by atoms with Crippen molar-refractivity contribution in [2.75, 3.05) is 19.7 Å². The molecule has 1 aliphatic heterocycles. The van der Waals surface area contributed by atoms with Crippen molar-refractivity contribution >= 4 is 11.8 Å². The van der Waals surface area contributed by atoms with E-state index in [9.17, 15) is 9.59 Å². The Morgan fingerprint density at radius 3 is 2.85 bits per heavy atom. The molecule has 2 fully saturated rings. The van der Waals surface area contributed by atoms with Crippen LogP contribution in [0.15, 0.2) is 0 Å². The van der Waals surface area contributed by atoms with Gasteiger partial charge in [-0.2, -0.15) is 0 Å². The number of ether oxygens (including phenoxy) is 1. The maximum absolute atomic E-state index is 12.3. The number of fused-ring (bicyclic) bond motifs is 1. The molecule has 0 radical (unpaired) electrons. The van der Waals surface area contributed by atoms with Crippen LogP contribution in [0.4, 0.5) is 0 Å². The van der Waals surface area contributed by atoms with Gasteiger partial charge in [0.1, 0.15) is 0 Å². The largest absolute Gasteiger partial charge is 0.374 e. The number of carbonyl (C=O) groups is 2. The van der Waals surface area contributed by atoms with Crippen LogP contribution in [0.1, 0.15) is 33.1 Å². The average molecular weight is 283 g/mol. The molecule has 1 heterocycles. The van der Waals surface area contributed by atoms with Gasteiger partial charge in [-0.15, -0.1) is 0 Å². The number of carbonyl (C=O) groups excluding carboxylic acids is 2. The Bertz CT molecular complexity index is 373. The van der Waals surface area contributed by atoms with Gasteiger partial charge in [-0.3, -0.25) is 9.59 Å². The highest BCUT2D eigenvalue weighted by Crippen LogP contribution is 2.29. The minimum atomic E-state index is -0.563. The summed E-state index contributed by atoms with van der Waals surface area (Å²) in [6, 6.07) is -0.376. The van der Waals surface area contributed by atoms with Gasteiger partial charge in [0.15, 0.2) is 0 Å². The summed E-state index contributed by atoms with van der Waals surface area (Å²) in [4.78, 5) is 25.9. The molecule has 6 heteroatoms. The quantitative estimate of drug-likeness (QED) is 0.752. The third-order valence-electron chi connectivity index (χ3n) is 4.24. The molecule has 6 nitrogen and oxygen atoms in total. The maximum Gasteiger partial charge on any atom is 0.242 e. The number of amides is 2. The smallest absolute Gasteiger partial charge is 0.242 e. The van der Waals surface area contributed by atoms with Crippen LogP contribution in [0.3, 0.4) is 0 Å². The Morgan fingerprint density at radius 2 is 2.15 bits per heavy atom. The monoisotopic (exact) mass is 283 g/mol. The van der Waals surface area contributed by atoms with Gasteiger partial charge < -0.3 is 20.7 Å². The first-order chi connectivity index (χ1) is 9.50. The van der Waals surface area contributed by atoms with Crippen molar-refractivity contribution in [2.45, 2.75) is 51.3 Å². The van der Waals surface area contributed by atoms with E-state index in [0.29, 0.717) is 13.2 Å². The molecule has 2 unspecified atom stereocenters. The van der Waals surface area contributed by atoms with Gasteiger partial charge in [0.25, 0.3) is 0 Å². The molecular formula is C14H25N3O3. The van der Waals surface area contributed by atoms with Crippen molar-refractivity contribution in [2.24, 2.45) is 11.7 Å². The Kier molecular flexibility index (Phi) is 4.99. The van der Waals surface area contributed by atoms with Crippen LogP contribution in [0.5, 0.6) is 0 Å². The summed E-state index contributed by atoms with van der Waals surface area (Å²) in [6.07, 6.45) is 3.31.